The molecule has 1 spiro atoms. The normalized spacial score (nSPS) is 17.6. The first-order chi connectivity index (χ1) is 16.4. The molecule has 1 fully saturated rings. The van der Waals surface area contributed by atoms with Crippen molar-refractivity contribution in [3.63, 3.8) is 0 Å². The van der Waals surface area contributed by atoms with Gasteiger partial charge in [0, 0.05) is 12.0 Å². The van der Waals surface area contributed by atoms with Crippen molar-refractivity contribution in [1.82, 2.24) is 0 Å². The van der Waals surface area contributed by atoms with Gasteiger partial charge >= 0.3 is 0 Å². The maximum atomic E-state index is 14.6. The monoisotopic (exact) mass is 449 g/mol. The van der Waals surface area contributed by atoms with E-state index < -0.39 is 0 Å². The van der Waals surface area contributed by atoms with Gasteiger partial charge in [0.15, 0.2) is 0 Å². The van der Waals surface area contributed by atoms with Crippen LogP contribution < -0.4 is 4.90 Å². The Labute approximate surface area is 204 Å². The minimum atomic E-state index is -0.00121. The number of nitrogens with zero attached hydrogens (tertiary/aromatic N) is 1. The van der Waals surface area contributed by atoms with Crippen molar-refractivity contribution in [1.29, 1.82) is 0 Å². The van der Waals surface area contributed by atoms with Gasteiger partial charge in [-0.3, -0.25) is 4.79 Å². The SMILES string of the molecule is CC(C)c1cccc(C(C)C)c1N1CC2(CCC2)C(c2ccccc2)=C(c2ccccc2)C1=O. The van der Waals surface area contributed by atoms with E-state index in [1.165, 1.54) is 28.7 Å². The van der Waals surface area contributed by atoms with Gasteiger partial charge in [-0.05, 0) is 52.5 Å². The first kappa shape index (κ1) is 22.7. The number of hydrogen-bond donors (Lipinski definition) is 0. The van der Waals surface area contributed by atoms with Gasteiger partial charge in [0.25, 0.3) is 5.91 Å². The van der Waals surface area contributed by atoms with Crippen molar-refractivity contribution >= 4 is 22.7 Å². The van der Waals surface area contributed by atoms with E-state index in [1.54, 1.807) is 0 Å². The number of carbonyl (C=O) groups is 1. The Kier molecular flexibility index (Phi) is 5.93. The van der Waals surface area contributed by atoms with E-state index in [1.807, 2.05) is 18.2 Å². The number of para-hydroxylation sites is 1. The highest BCUT2D eigenvalue weighted by atomic mass is 16.2. The van der Waals surface area contributed by atoms with Crippen LogP contribution in [0.2, 0.25) is 0 Å². The van der Waals surface area contributed by atoms with Crippen molar-refractivity contribution in [2.75, 3.05) is 11.4 Å². The van der Waals surface area contributed by atoms with E-state index in [0.717, 1.165) is 36.2 Å². The molecule has 3 aromatic carbocycles. The van der Waals surface area contributed by atoms with Gasteiger partial charge in [0.2, 0.25) is 0 Å². The minimum Gasteiger partial charge on any atom is -0.307 e. The molecule has 0 bridgehead atoms. The van der Waals surface area contributed by atoms with Crippen LogP contribution in [0.4, 0.5) is 5.69 Å². The van der Waals surface area contributed by atoms with Gasteiger partial charge in [-0.1, -0.05) is 113 Å². The van der Waals surface area contributed by atoms with Gasteiger partial charge < -0.3 is 4.90 Å². The zero-order valence-electron chi connectivity index (χ0n) is 20.8. The summed E-state index contributed by atoms with van der Waals surface area (Å²) in [6.07, 6.45) is 3.46. The Morgan fingerprint density at radius 2 is 1.24 bits per heavy atom. The number of rotatable bonds is 5. The second kappa shape index (κ2) is 8.91. The average molecular weight is 450 g/mol. The van der Waals surface area contributed by atoms with E-state index in [-0.39, 0.29) is 11.3 Å². The molecule has 1 saturated carbocycles. The molecule has 2 aliphatic rings. The van der Waals surface area contributed by atoms with Crippen LogP contribution in [0.3, 0.4) is 0 Å². The zero-order chi connectivity index (χ0) is 23.9. The highest BCUT2D eigenvalue weighted by Crippen LogP contribution is 2.57. The largest absolute Gasteiger partial charge is 0.307 e. The molecule has 3 aromatic rings. The lowest BCUT2D eigenvalue weighted by molar-refractivity contribution is -0.114. The number of benzene rings is 3. The topological polar surface area (TPSA) is 20.3 Å². The molecule has 2 heteroatoms. The van der Waals surface area contributed by atoms with Crippen LogP contribution in [0.15, 0.2) is 78.9 Å². The van der Waals surface area contributed by atoms with Gasteiger partial charge in [0.05, 0.1) is 11.3 Å². The van der Waals surface area contributed by atoms with E-state index in [0.29, 0.717) is 11.8 Å². The molecule has 0 N–H and O–H groups in total. The zero-order valence-corrected chi connectivity index (χ0v) is 20.8. The third-order valence-electron chi connectivity index (χ3n) is 7.75. The number of carbonyl (C=O) groups excluding carboxylic acids is 1. The third kappa shape index (κ3) is 3.70. The highest BCUT2D eigenvalue weighted by molar-refractivity contribution is 6.34. The molecule has 2 nitrogen and oxygen atoms in total. The van der Waals surface area contributed by atoms with Crippen LogP contribution in [0.25, 0.3) is 11.1 Å². The van der Waals surface area contributed by atoms with Gasteiger partial charge in [-0.15, -0.1) is 0 Å². The molecule has 174 valence electrons. The lowest BCUT2D eigenvalue weighted by atomic mass is 9.59. The van der Waals surface area contributed by atoms with E-state index in [9.17, 15) is 4.79 Å². The maximum absolute atomic E-state index is 14.6. The summed E-state index contributed by atoms with van der Waals surface area (Å²) in [5, 5.41) is 0. The second-order valence-electron chi connectivity index (χ2n) is 10.6. The number of hydrogen-bond acceptors (Lipinski definition) is 1. The first-order valence-corrected chi connectivity index (χ1v) is 12.7. The van der Waals surface area contributed by atoms with Crippen LogP contribution >= 0.6 is 0 Å². The Balaban J connectivity index is 1.79. The number of anilines is 1. The predicted molar refractivity (Wildman–Crippen MR) is 143 cm³/mol. The fourth-order valence-electron chi connectivity index (χ4n) is 5.90. The standard InChI is InChI=1S/C32H35NO/c1-22(2)26-17-11-18-27(23(3)4)30(26)33-21-32(19-12-20-32)29(25-15-9-6-10-16-25)28(31(33)34)24-13-7-5-8-14-24/h5-11,13-18,22-23H,12,19-21H2,1-4H3. The van der Waals surface area contributed by atoms with Crippen LogP contribution in [0, 0.1) is 5.41 Å². The fourth-order valence-corrected chi connectivity index (χ4v) is 5.90. The third-order valence-corrected chi connectivity index (χ3v) is 7.75. The summed E-state index contributed by atoms with van der Waals surface area (Å²) in [6.45, 7) is 9.70. The summed E-state index contributed by atoms with van der Waals surface area (Å²) in [6, 6.07) is 27.5. The van der Waals surface area contributed by atoms with Crippen LogP contribution in [0.5, 0.6) is 0 Å². The molecule has 1 amide bonds. The molecule has 0 unspecified atom stereocenters. The second-order valence-corrected chi connectivity index (χ2v) is 10.6. The summed E-state index contributed by atoms with van der Waals surface area (Å²) in [5.41, 5.74) is 8.02. The average Bonchev–Trinajstić information content (AvgIpc) is 2.83. The molecule has 1 aliphatic heterocycles. The summed E-state index contributed by atoms with van der Waals surface area (Å²) in [4.78, 5) is 16.7. The first-order valence-electron chi connectivity index (χ1n) is 12.7. The van der Waals surface area contributed by atoms with E-state index in [2.05, 4.69) is 93.3 Å². The molecule has 0 atom stereocenters. The number of amides is 1. The van der Waals surface area contributed by atoms with Crippen molar-refractivity contribution in [2.24, 2.45) is 5.41 Å². The lowest BCUT2D eigenvalue weighted by Crippen LogP contribution is -2.51. The summed E-state index contributed by atoms with van der Waals surface area (Å²) < 4.78 is 0. The molecule has 1 heterocycles. The van der Waals surface area contributed by atoms with Crippen molar-refractivity contribution in [3.05, 3.63) is 101 Å². The molecule has 0 aromatic heterocycles. The summed E-state index contributed by atoms with van der Waals surface area (Å²) >= 11 is 0. The highest BCUT2D eigenvalue weighted by Gasteiger charge is 2.50. The van der Waals surface area contributed by atoms with E-state index in [4.69, 9.17) is 0 Å². The minimum absolute atomic E-state index is 0.00121. The fraction of sp³-hybridized carbons (Fsp3) is 0.344. The molecule has 34 heavy (non-hydrogen) atoms. The van der Waals surface area contributed by atoms with Gasteiger partial charge in [0.1, 0.15) is 0 Å². The summed E-state index contributed by atoms with van der Waals surface area (Å²) in [5.74, 6) is 0.828. The van der Waals surface area contributed by atoms with Crippen molar-refractivity contribution in [3.8, 4) is 0 Å². The van der Waals surface area contributed by atoms with Crippen LogP contribution in [-0.4, -0.2) is 12.5 Å². The Hall–Kier alpha value is -3.13. The molecule has 0 radical (unpaired) electrons. The lowest BCUT2D eigenvalue weighted by Gasteiger charge is -2.51. The van der Waals surface area contributed by atoms with Crippen molar-refractivity contribution in [2.45, 2.75) is 58.8 Å². The predicted octanol–water partition coefficient (Wildman–Crippen LogP) is 8.06. The molecular formula is C32H35NO. The van der Waals surface area contributed by atoms with E-state index >= 15 is 0 Å². The van der Waals surface area contributed by atoms with Crippen LogP contribution in [0.1, 0.15) is 81.0 Å². The molecular weight excluding hydrogens is 414 g/mol. The Morgan fingerprint density at radius 1 is 0.706 bits per heavy atom. The van der Waals surface area contributed by atoms with Crippen LogP contribution in [-0.2, 0) is 4.79 Å². The molecule has 1 aliphatic carbocycles. The molecule has 5 rings (SSSR count). The van der Waals surface area contributed by atoms with Crippen molar-refractivity contribution < 1.29 is 4.79 Å². The van der Waals surface area contributed by atoms with Gasteiger partial charge in [-0.25, -0.2) is 0 Å². The van der Waals surface area contributed by atoms with Gasteiger partial charge in [-0.2, -0.15) is 0 Å². The Bertz CT molecular complexity index is 1190. The Morgan fingerprint density at radius 3 is 1.71 bits per heavy atom. The molecule has 0 saturated heterocycles. The smallest absolute Gasteiger partial charge is 0.259 e. The quantitative estimate of drug-likeness (QED) is 0.386. The maximum Gasteiger partial charge on any atom is 0.259 e. The summed E-state index contributed by atoms with van der Waals surface area (Å²) in [7, 11) is 0.